The predicted molar refractivity (Wildman–Crippen MR) is 116 cm³/mol. The van der Waals surface area contributed by atoms with Crippen LogP contribution >= 0.6 is 0 Å². The van der Waals surface area contributed by atoms with Crippen LogP contribution in [-0.4, -0.2) is 38.7 Å². The van der Waals surface area contributed by atoms with Crippen molar-refractivity contribution in [3.05, 3.63) is 59.7 Å². The van der Waals surface area contributed by atoms with Crippen molar-refractivity contribution in [2.45, 2.75) is 33.1 Å². The third-order valence-corrected chi connectivity index (χ3v) is 4.66. The number of nitrogens with one attached hydrogen (secondary N) is 1. The van der Waals surface area contributed by atoms with E-state index in [2.05, 4.69) is 19.2 Å². The molecule has 1 N–H and O–H groups in total. The first-order valence-corrected chi connectivity index (χ1v) is 10.2. The number of amides is 1. The van der Waals surface area contributed by atoms with E-state index in [1.165, 1.54) is 7.11 Å². The topological polar surface area (TPSA) is 73.9 Å². The first-order chi connectivity index (χ1) is 14.4. The number of carbonyl (C=O) groups is 2. The second-order valence-corrected chi connectivity index (χ2v) is 7.59. The zero-order chi connectivity index (χ0) is 21.9. The summed E-state index contributed by atoms with van der Waals surface area (Å²) >= 11 is 0. The molecule has 0 aliphatic heterocycles. The Balaban J connectivity index is 1.82. The van der Waals surface area contributed by atoms with Gasteiger partial charge in [-0.25, -0.2) is 4.79 Å². The molecular weight excluding hydrogens is 382 g/mol. The molecule has 0 heterocycles. The van der Waals surface area contributed by atoms with Crippen molar-refractivity contribution in [2.75, 3.05) is 26.9 Å². The zero-order valence-electron chi connectivity index (χ0n) is 18.1. The van der Waals surface area contributed by atoms with E-state index < -0.39 is 5.97 Å². The third kappa shape index (κ3) is 7.43. The van der Waals surface area contributed by atoms with Crippen LogP contribution in [0.5, 0.6) is 11.5 Å². The molecule has 2 aromatic rings. The molecule has 0 saturated carbocycles. The summed E-state index contributed by atoms with van der Waals surface area (Å²) < 4.78 is 16.2. The fourth-order valence-corrected chi connectivity index (χ4v) is 2.75. The molecule has 0 radical (unpaired) electrons. The summed E-state index contributed by atoms with van der Waals surface area (Å²) in [7, 11) is 1.51. The molecule has 30 heavy (non-hydrogen) atoms. The van der Waals surface area contributed by atoms with Crippen molar-refractivity contribution in [1.82, 2.24) is 5.32 Å². The summed E-state index contributed by atoms with van der Waals surface area (Å²) in [5.41, 5.74) is 1.44. The second kappa shape index (κ2) is 11.9. The van der Waals surface area contributed by atoms with Crippen molar-refractivity contribution in [1.29, 1.82) is 0 Å². The van der Waals surface area contributed by atoms with E-state index in [1.54, 1.807) is 18.2 Å². The monoisotopic (exact) mass is 413 g/mol. The first-order valence-electron chi connectivity index (χ1n) is 10.2. The maximum absolute atomic E-state index is 12.3. The minimum Gasteiger partial charge on any atom is -0.493 e. The summed E-state index contributed by atoms with van der Waals surface area (Å²) in [5.74, 6) is 0.794. The highest BCUT2D eigenvalue weighted by molar-refractivity contribution is 5.92. The van der Waals surface area contributed by atoms with Gasteiger partial charge in [0, 0.05) is 6.54 Å². The SMILES string of the molecule is COc1cc(C(=O)OCC(=O)NCC(C)c2ccccc2)ccc1OCCC(C)C. The number of ether oxygens (including phenoxy) is 3. The molecule has 0 aliphatic rings. The predicted octanol–water partition coefficient (Wildman–Crippen LogP) is 4.20. The average molecular weight is 414 g/mol. The summed E-state index contributed by atoms with van der Waals surface area (Å²) in [4.78, 5) is 24.3. The Morgan fingerprint density at radius 2 is 1.73 bits per heavy atom. The third-order valence-electron chi connectivity index (χ3n) is 4.66. The van der Waals surface area contributed by atoms with Gasteiger partial charge < -0.3 is 19.5 Å². The highest BCUT2D eigenvalue weighted by Crippen LogP contribution is 2.28. The number of hydrogen-bond acceptors (Lipinski definition) is 5. The van der Waals surface area contributed by atoms with E-state index in [-0.39, 0.29) is 18.4 Å². The van der Waals surface area contributed by atoms with Gasteiger partial charge in [0.2, 0.25) is 0 Å². The molecule has 0 aromatic heterocycles. The summed E-state index contributed by atoms with van der Waals surface area (Å²) in [6, 6.07) is 14.7. The molecule has 2 aromatic carbocycles. The van der Waals surface area contributed by atoms with Crippen LogP contribution in [0.2, 0.25) is 0 Å². The average Bonchev–Trinajstić information content (AvgIpc) is 2.76. The number of benzene rings is 2. The van der Waals surface area contributed by atoms with Gasteiger partial charge in [0.05, 0.1) is 19.3 Å². The number of carbonyl (C=O) groups excluding carboxylic acids is 2. The molecule has 0 aliphatic carbocycles. The van der Waals surface area contributed by atoms with Gasteiger partial charge in [0.25, 0.3) is 5.91 Å². The van der Waals surface area contributed by atoms with E-state index in [1.807, 2.05) is 37.3 Å². The van der Waals surface area contributed by atoms with Crippen LogP contribution in [-0.2, 0) is 9.53 Å². The molecule has 2 rings (SSSR count). The van der Waals surface area contributed by atoms with Crippen molar-refractivity contribution in [3.63, 3.8) is 0 Å². The van der Waals surface area contributed by atoms with E-state index in [0.717, 1.165) is 12.0 Å². The Hall–Kier alpha value is -3.02. The first kappa shape index (κ1) is 23.3. The molecule has 1 unspecified atom stereocenters. The van der Waals surface area contributed by atoms with Gasteiger partial charge in [0.1, 0.15) is 0 Å². The zero-order valence-corrected chi connectivity index (χ0v) is 18.1. The fraction of sp³-hybridized carbons (Fsp3) is 0.417. The van der Waals surface area contributed by atoms with Gasteiger partial charge in [-0.1, -0.05) is 51.1 Å². The number of methoxy groups -OCH3 is 1. The van der Waals surface area contributed by atoms with Crippen LogP contribution < -0.4 is 14.8 Å². The lowest BCUT2D eigenvalue weighted by molar-refractivity contribution is -0.124. The largest absolute Gasteiger partial charge is 0.493 e. The molecule has 0 fully saturated rings. The summed E-state index contributed by atoms with van der Waals surface area (Å²) in [6.07, 6.45) is 0.922. The molecule has 0 spiro atoms. The lowest BCUT2D eigenvalue weighted by atomic mass is 10.0. The van der Waals surface area contributed by atoms with Gasteiger partial charge in [0.15, 0.2) is 18.1 Å². The summed E-state index contributed by atoms with van der Waals surface area (Å²) in [5, 5.41) is 2.79. The molecule has 0 bridgehead atoms. The Kier molecular flexibility index (Phi) is 9.19. The highest BCUT2D eigenvalue weighted by Gasteiger charge is 2.15. The van der Waals surface area contributed by atoms with E-state index in [9.17, 15) is 9.59 Å². The van der Waals surface area contributed by atoms with Crippen LogP contribution in [0.15, 0.2) is 48.5 Å². The van der Waals surface area contributed by atoms with E-state index >= 15 is 0 Å². The van der Waals surface area contributed by atoms with Crippen LogP contribution in [0.3, 0.4) is 0 Å². The quantitative estimate of drug-likeness (QED) is 0.559. The lowest BCUT2D eigenvalue weighted by Gasteiger charge is -2.14. The van der Waals surface area contributed by atoms with Crippen LogP contribution in [0, 0.1) is 5.92 Å². The molecular formula is C24H31NO5. The normalized spacial score (nSPS) is 11.6. The minimum atomic E-state index is -0.590. The van der Waals surface area contributed by atoms with Crippen LogP contribution in [0.1, 0.15) is 49.0 Å². The van der Waals surface area contributed by atoms with Gasteiger partial charge in [-0.15, -0.1) is 0 Å². The standard InChI is InChI=1S/C24H31NO5/c1-17(2)12-13-29-21-11-10-20(14-22(21)28-4)24(27)30-16-23(26)25-15-18(3)19-8-6-5-7-9-19/h5-11,14,17-18H,12-13,15-16H2,1-4H3,(H,25,26). The Morgan fingerprint density at radius 3 is 2.40 bits per heavy atom. The Morgan fingerprint density at radius 1 is 1.00 bits per heavy atom. The highest BCUT2D eigenvalue weighted by atomic mass is 16.5. The Bertz CT molecular complexity index is 820. The molecule has 162 valence electrons. The van der Waals surface area contributed by atoms with Gasteiger partial charge in [-0.2, -0.15) is 0 Å². The van der Waals surface area contributed by atoms with Crippen LogP contribution in [0.4, 0.5) is 0 Å². The summed E-state index contributed by atoms with van der Waals surface area (Å²) in [6.45, 7) is 6.97. The van der Waals surface area contributed by atoms with Gasteiger partial charge >= 0.3 is 5.97 Å². The molecule has 0 saturated heterocycles. The van der Waals surface area contributed by atoms with E-state index in [0.29, 0.717) is 36.1 Å². The maximum atomic E-state index is 12.3. The lowest BCUT2D eigenvalue weighted by Crippen LogP contribution is -2.31. The fourth-order valence-electron chi connectivity index (χ4n) is 2.75. The van der Waals surface area contributed by atoms with Crippen molar-refractivity contribution >= 4 is 11.9 Å². The molecule has 6 nitrogen and oxygen atoms in total. The minimum absolute atomic E-state index is 0.165. The van der Waals surface area contributed by atoms with E-state index in [4.69, 9.17) is 14.2 Å². The molecule has 6 heteroatoms. The number of rotatable bonds is 11. The van der Waals surface area contributed by atoms with Crippen LogP contribution in [0.25, 0.3) is 0 Å². The number of hydrogen-bond donors (Lipinski definition) is 1. The second-order valence-electron chi connectivity index (χ2n) is 7.59. The molecule has 1 atom stereocenters. The smallest absolute Gasteiger partial charge is 0.338 e. The van der Waals surface area contributed by atoms with Crippen molar-refractivity contribution in [2.24, 2.45) is 5.92 Å². The molecule has 1 amide bonds. The Labute approximate surface area is 178 Å². The van der Waals surface area contributed by atoms with Gasteiger partial charge in [-0.05, 0) is 42.0 Å². The van der Waals surface area contributed by atoms with Crippen molar-refractivity contribution < 1.29 is 23.8 Å². The van der Waals surface area contributed by atoms with Crippen molar-refractivity contribution in [3.8, 4) is 11.5 Å². The van der Waals surface area contributed by atoms with Gasteiger partial charge in [-0.3, -0.25) is 4.79 Å². The number of esters is 1. The maximum Gasteiger partial charge on any atom is 0.338 e.